The van der Waals surface area contributed by atoms with Gasteiger partial charge in [0, 0.05) is 5.56 Å². The number of nitrogens with one attached hydrogen (secondary N) is 1. The molecule has 1 rings (SSSR count). The number of carboxylic acids is 1. The fourth-order valence-corrected chi connectivity index (χ4v) is 1.29. The van der Waals surface area contributed by atoms with Crippen LogP contribution in [0.25, 0.3) is 0 Å². The summed E-state index contributed by atoms with van der Waals surface area (Å²) < 4.78 is 37.3. The molecule has 2 N–H and O–H groups in total. The van der Waals surface area contributed by atoms with Gasteiger partial charge in [0.1, 0.15) is 5.69 Å². The third-order valence-corrected chi connectivity index (χ3v) is 1.87. The maximum Gasteiger partial charge on any atom is 0.433 e. The second-order valence-electron chi connectivity index (χ2n) is 3.32. The summed E-state index contributed by atoms with van der Waals surface area (Å²) in [7, 11) is 0. The number of nitrogens with zero attached hydrogens (tertiary/aromatic N) is 1. The highest BCUT2D eigenvalue weighted by molar-refractivity contribution is 5.87. The van der Waals surface area contributed by atoms with E-state index in [0.717, 1.165) is 0 Å². The maximum atomic E-state index is 12.4. The van der Waals surface area contributed by atoms with Gasteiger partial charge in [-0.2, -0.15) is 18.3 Å². The highest BCUT2D eigenvalue weighted by Gasteiger charge is 2.39. The molecule has 15 heavy (non-hydrogen) atoms. The van der Waals surface area contributed by atoms with Gasteiger partial charge in [-0.3, -0.25) is 5.10 Å². The van der Waals surface area contributed by atoms with E-state index in [2.05, 4.69) is 5.10 Å². The number of carbonyl (C=O) groups is 1. The van der Waals surface area contributed by atoms with E-state index in [-0.39, 0.29) is 5.56 Å². The molecule has 0 aliphatic rings. The van der Waals surface area contributed by atoms with Gasteiger partial charge in [0.25, 0.3) is 0 Å². The molecule has 1 heterocycles. The van der Waals surface area contributed by atoms with Crippen LogP contribution in [-0.2, 0) is 6.18 Å². The van der Waals surface area contributed by atoms with Gasteiger partial charge in [-0.1, -0.05) is 13.8 Å². The van der Waals surface area contributed by atoms with Gasteiger partial charge in [-0.15, -0.1) is 0 Å². The van der Waals surface area contributed by atoms with Crippen molar-refractivity contribution in [3.8, 4) is 0 Å². The molecule has 84 valence electrons. The van der Waals surface area contributed by atoms with Crippen LogP contribution in [0.4, 0.5) is 13.2 Å². The summed E-state index contributed by atoms with van der Waals surface area (Å²) in [6.07, 6.45) is -4.61. The van der Waals surface area contributed by atoms with Gasteiger partial charge in [-0.25, -0.2) is 4.79 Å². The lowest BCUT2D eigenvalue weighted by Gasteiger charge is -2.09. The van der Waals surface area contributed by atoms with Gasteiger partial charge in [-0.05, 0) is 5.92 Å². The lowest BCUT2D eigenvalue weighted by Crippen LogP contribution is -2.11. The van der Waals surface area contributed by atoms with Crippen LogP contribution in [-0.4, -0.2) is 21.3 Å². The Hall–Kier alpha value is -1.53. The summed E-state index contributed by atoms with van der Waals surface area (Å²) in [5.41, 5.74) is -1.97. The molecular weight excluding hydrogens is 213 g/mol. The molecule has 0 spiro atoms. The Bertz CT molecular complexity index is 382. The van der Waals surface area contributed by atoms with Crippen molar-refractivity contribution in [2.45, 2.75) is 25.9 Å². The molecule has 0 amide bonds. The number of aromatic carboxylic acids is 1. The zero-order valence-electron chi connectivity index (χ0n) is 8.01. The van der Waals surface area contributed by atoms with E-state index in [9.17, 15) is 18.0 Å². The van der Waals surface area contributed by atoms with Crippen LogP contribution >= 0.6 is 0 Å². The van der Waals surface area contributed by atoms with Crippen molar-refractivity contribution in [2.24, 2.45) is 0 Å². The van der Waals surface area contributed by atoms with E-state index >= 15 is 0 Å². The van der Waals surface area contributed by atoms with E-state index in [1.165, 1.54) is 13.8 Å². The molecule has 0 atom stereocenters. The smallest absolute Gasteiger partial charge is 0.433 e. The first-order chi connectivity index (χ1) is 6.75. The molecule has 0 aromatic carbocycles. The van der Waals surface area contributed by atoms with Gasteiger partial charge >= 0.3 is 12.1 Å². The quantitative estimate of drug-likeness (QED) is 0.806. The van der Waals surface area contributed by atoms with Crippen molar-refractivity contribution < 1.29 is 23.1 Å². The summed E-state index contributed by atoms with van der Waals surface area (Å²) >= 11 is 0. The molecule has 1 aromatic heterocycles. The van der Waals surface area contributed by atoms with Crippen LogP contribution in [0.3, 0.4) is 0 Å². The first kappa shape index (κ1) is 11.5. The Morgan fingerprint density at radius 3 is 2.33 bits per heavy atom. The molecular formula is C8H9F3N2O2. The van der Waals surface area contributed by atoms with Crippen molar-refractivity contribution >= 4 is 5.97 Å². The van der Waals surface area contributed by atoms with Crippen LogP contribution in [0.2, 0.25) is 0 Å². The predicted molar refractivity (Wildman–Crippen MR) is 44.6 cm³/mol. The molecule has 4 nitrogen and oxygen atoms in total. The number of hydrogen-bond donors (Lipinski definition) is 2. The number of halogens is 3. The van der Waals surface area contributed by atoms with Gasteiger partial charge < -0.3 is 5.11 Å². The number of carboxylic acid groups (broad SMARTS) is 1. The topological polar surface area (TPSA) is 66.0 Å². The normalized spacial score (nSPS) is 12.1. The number of rotatable bonds is 2. The molecule has 0 saturated heterocycles. The monoisotopic (exact) mass is 222 g/mol. The van der Waals surface area contributed by atoms with Crippen molar-refractivity contribution in [1.29, 1.82) is 0 Å². The second-order valence-corrected chi connectivity index (χ2v) is 3.32. The summed E-state index contributed by atoms with van der Waals surface area (Å²) in [4.78, 5) is 10.6. The summed E-state index contributed by atoms with van der Waals surface area (Å²) in [5, 5.41) is 13.5. The number of aromatic nitrogens is 2. The molecule has 0 fully saturated rings. The molecule has 0 bridgehead atoms. The van der Waals surface area contributed by atoms with Crippen LogP contribution in [0.15, 0.2) is 0 Å². The number of alkyl halides is 3. The molecule has 0 unspecified atom stereocenters. The third kappa shape index (κ3) is 2.11. The number of aromatic amines is 1. The second kappa shape index (κ2) is 3.56. The summed E-state index contributed by atoms with van der Waals surface area (Å²) in [6.45, 7) is 2.96. The number of hydrogen-bond acceptors (Lipinski definition) is 2. The van der Waals surface area contributed by atoms with Crippen molar-refractivity contribution in [2.75, 3.05) is 0 Å². The first-order valence-electron chi connectivity index (χ1n) is 4.14. The lowest BCUT2D eigenvalue weighted by molar-refractivity contribution is -0.141. The standard InChI is InChI=1S/C8H9F3N2O2/c1-3(2)4-5(7(14)15)12-13-6(4)8(9,10)11/h3H,1-2H3,(H,12,13)(H,14,15). The van der Waals surface area contributed by atoms with E-state index in [1.54, 1.807) is 5.10 Å². The van der Waals surface area contributed by atoms with Crippen LogP contribution in [0.1, 0.15) is 41.5 Å². The average molecular weight is 222 g/mol. The summed E-state index contributed by atoms with van der Waals surface area (Å²) in [5.74, 6) is -2.03. The first-order valence-corrected chi connectivity index (χ1v) is 4.14. The zero-order chi connectivity index (χ0) is 11.8. The fourth-order valence-electron chi connectivity index (χ4n) is 1.29. The predicted octanol–water partition coefficient (Wildman–Crippen LogP) is 2.25. The molecule has 1 aromatic rings. The van der Waals surface area contributed by atoms with Crippen molar-refractivity contribution in [3.63, 3.8) is 0 Å². The van der Waals surface area contributed by atoms with Crippen LogP contribution in [0, 0.1) is 0 Å². The van der Waals surface area contributed by atoms with Crippen molar-refractivity contribution in [3.05, 3.63) is 17.0 Å². The molecule has 0 saturated carbocycles. The van der Waals surface area contributed by atoms with E-state index < -0.39 is 29.5 Å². The van der Waals surface area contributed by atoms with E-state index in [4.69, 9.17) is 5.11 Å². The molecule has 0 aliphatic carbocycles. The Balaban J connectivity index is 3.37. The average Bonchev–Trinajstić information content (AvgIpc) is 2.45. The zero-order valence-corrected chi connectivity index (χ0v) is 8.01. The Labute approximate surface area is 83.1 Å². The van der Waals surface area contributed by atoms with Gasteiger partial charge in [0.2, 0.25) is 0 Å². The van der Waals surface area contributed by atoms with Crippen LogP contribution < -0.4 is 0 Å². The Morgan fingerprint density at radius 1 is 1.47 bits per heavy atom. The van der Waals surface area contributed by atoms with E-state index in [0.29, 0.717) is 0 Å². The maximum absolute atomic E-state index is 12.4. The molecule has 0 aliphatic heterocycles. The van der Waals surface area contributed by atoms with Gasteiger partial charge in [0.05, 0.1) is 0 Å². The highest BCUT2D eigenvalue weighted by Crippen LogP contribution is 2.35. The number of H-pyrrole nitrogens is 1. The minimum atomic E-state index is -4.61. The van der Waals surface area contributed by atoms with Crippen LogP contribution in [0.5, 0.6) is 0 Å². The minimum Gasteiger partial charge on any atom is -0.476 e. The highest BCUT2D eigenvalue weighted by atomic mass is 19.4. The molecule has 7 heteroatoms. The molecule has 0 radical (unpaired) electrons. The minimum absolute atomic E-state index is 0.310. The van der Waals surface area contributed by atoms with Gasteiger partial charge in [0.15, 0.2) is 5.69 Å². The largest absolute Gasteiger partial charge is 0.476 e. The summed E-state index contributed by atoms with van der Waals surface area (Å²) in [6, 6.07) is 0. The third-order valence-electron chi connectivity index (χ3n) is 1.87. The fraction of sp³-hybridized carbons (Fsp3) is 0.500. The SMILES string of the molecule is CC(C)c1c(C(=O)O)n[nH]c1C(F)(F)F. The Morgan fingerprint density at radius 2 is 2.00 bits per heavy atom. The Kier molecular flexibility index (Phi) is 2.74. The lowest BCUT2D eigenvalue weighted by atomic mass is 10.00. The van der Waals surface area contributed by atoms with E-state index in [1.807, 2.05) is 0 Å². The van der Waals surface area contributed by atoms with Crippen molar-refractivity contribution in [1.82, 2.24) is 10.2 Å².